The van der Waals surface area contributed by atoms with Crippen LogP contribution in [-0.2, 0) is 27.7 Å². The number of nitrogens with zero attached hydrogens (tertiary/aromatic N) is 2. The van der Waals surface area contributed by atoms with E-state index in [1.165, 1.54) is 16.4 Å². The highest BCUT2D eigenvalue weighted by molar-refractivity contribution is 7.89. The predicted molar refractivity (Wildman–Crippen MR) is 144 cm³/mol. The molecule has 1 aliphatic carbocycles. The van der Waals surface area contributed by atoms with Gasteiger partial charge in [0.1, 0.15) is 0 Å². The predicted octanol–water partition coefficient (Wildman–Crippen LogP) is 4.48. The zero-order valence-corrected chi connectivity index (χ0v) is 22.3. The number of pyridine rings is 1. The minimum absolute atomic E-state index is 0.0588. The van der Waals surface area contributed by atoms with Crippen molar-refractivity contribution in [3.8, 4) is 0 Å². The molecule has 3 aromatic rings. The standard InChI is InChI=1S/C29H33N3O5S/c1-19(20-8-4-2-5-9-20)30-28(33)21-14-16-32(17-15-21)38(36,37)22-12-13-26-24(18-22)27(29(34)35)23-10-6-3-7-11-25(23)31-26/h2,4-5,8-9,12-13,18-19,21H,3,6-7,10-11,14-17H2,1H3,(H,30,33)(H,34,35). The van der Waals surface area contributed by atoms with E-state index in [-0.39, 0.29) is 41.4 Å². The lowest BCUT2D eigenvalue weighted by Crippen LogP contribution is -2.43. The van der Waals surface area contributed by atoms with Crippen LogP contribution in [0.3, 0.4) is 0 Å². The van der Waals surface area contributed by atoms with E-state index in [9.17, 15) is 23.1 Å². The van der Waals surface area contributed by atoms with Crippen molar-refractivity contribution < 1.29 is 23.1 Å². The van der Waals surface area contributed by atoms with Gasteiger partial charge in [0.2, 0.25) is 15.9 Å². The first-order valence-corrected chi connectivity index (χ1v) is 14.7. The monoisotopic (exact) mass is 535 g/mol. The largest absolute Gasteiger partial charge is 0.478 e. The quantitative estimate of drug-likeness (QED) is 0.450. The van der Waals surface area contributed by atoms with Gasteiger partial charge in [-0.05, 0) is 74.8 Å². The third kappa shape index (κ3) is 5.17. The molecule has 0 radical (unpaired) electrons. The minimum Gasteiger partial charge on any atom is -0.478 e. The summed E-state index contributed by atoms with van der Waals surface area (Å²) >= 11 is 0. The highest BCUT2D eigenvalue weighted by atomic mass is 32.2. The Balaban J connectivity index is 1.34. The first kappa shape index (κ1) is 26.3. The van der Waals surface area contributed by atoms with Gasteiger partial charge in [0.15, 0.2) is 0 Å². The fraction of sp³-hybridized carbons (Fsp3) is 0.414. The lowest BCUT2D eigenvalue weighted by atomic mass is 9.96. The molecular formula is C29H33N3O5S. The van der Waals surface area contributed by atoms with Gasteiger partial charge in [-0.1, -0.05) is 36.8 Å². The highest BCUT2D eigenvalue weighted by Gasteiger charge is 2.33. The number of aromatic nitrogens is 1. The molecule has 200 valence electrons. The summed E-state index contributed by atoms with van der Waals surface area (Å²) in [7, 11) is -3.86. The number of rotatable bonds is 6. The van der Waals surface area contributed by atoms with Crippen LogP contribution < -0.4 is 5.32 Å². The summed E-state index contributed by atoms with van der Waals surface area (Å²) in [5, 5.41) is 13.5. The van der Waals surface area contributed by atoms with E-state index >= 15 is 0 Å². The summed E-state index contributed by atoms with van der Waals surface area (Å²) in [6.45, 7) is 2.39. The topological polar surface area (TPSA) is 117 Å². The number of sulfonamides is 1. The number of aromatic carboxylic acids is 1. The number of carbonyl (C=O) groups excluding carboxylic acids is 1. The summed E-state index contributed by atoms with van der Waals surface area (Å²) in [4.78, 5) is 29.9. The Kier molecular flexibility index (Phi) is 7.49. The van der Waals surface area contributed by atoms with Crippen LogP contribution in [0.1, 0.15) is 72.2 Å². The van der Waals surface area contributed by atoms with Gasteiger partial charge in [-0.25, -0.2) is 13.2 Å². The lowest BCUT2D eigenvalue weighted by Gasteiger charge is -2.31. The van der Waals surface area contributed by atoms with Gasteiger partial charge in [0.25, 0.3) is 0 Å². The van der Waals surface area contributed by atoms with Gasteiger partial charge in [-0.15, -0.1) is 0 Å². The number of nitrogens with one attached hydrogen (secondary N) is 1. The second-order valence-electron chi connectivity index (χ2n) is 10.3. The fourth-order valence-electron chi connectivity index (χ4n) is 5.65. The van der Waals surface area contributed by atoms with Crippen molar-refractivity contribution in [3.63, 3.8) is 0 Å². The van der Waals surface area contributed by atoms with E-state index in [4.69, 9.17) is 4.98 Å². The van der Waals surface area contributed by atoms with Crippen LogP contribution in [0.15, 0.2) is 53.4 Å². The average Bonchev–Trinajstić information content (AvgIpc) is 3.16. The van der Waals surface area contributed by atoms with Crippen molar-refractivity contribution >= 4 is 32.8 Å². The van der Waals surface area contributed by atoms with E-state index < -0.39 is 16.0 Å². The van der Waals surface area contributed by atoms with Crippen LogP contribution >= 0.6 is 0 Å². The molecule has 1 aromatic heterocycles. The Morgan fingerprint density at radius 2 is 1.74 bits per heavy atom. The first-order valence-electron chi connectivity index (χ1n) is 13.3. The summed E-state index contributed by atoms with van der Waals surface area (Å²) < 4.78 is 28.5. The van der Waals surface area contributed by atoms with Crippen LogP contribution in [-0.4, -0.2) is 47.8 Å². The number of carboxylic acid groups (broad SMARTS) is 1. The van der Waals surface area contributed by atoms with Crippen molar-refractivity contribution in [2.45, 2.75) is 62.8 Å². The molecule has 0 spiro atoms. The van der Waals surface area contributed by atoms with Gasteiger partial charge in [-0.2, -0.15) is 4.31 Å². The van der Waals surface area contributed by atoms with E-state index in [1.807, 2.05) is 37.3 Å². The van der Waals surface area contributed by atoms with Crippen molar-refractivity contribution in [2.24, 2.45) is 5.92 Å². The summed E-state index contributed by atoms with van der Waals surface area (Å²) in [5.41, 5.74) is 3.24. The highest BCUT2D eigenvalue weighted by Crippen LogP contribution is 2.32. The number of piperidine rings is 1. The first-order chi connectivity index (χ1) is 18.3. The maximum Gasteiger partial charge on any atom is 0.336 e. The van der Waals surface area contributed by atoms with Gasteiger partial charge >= 0.3 is 5.97 Å². The molecule has 0 bridgehead atoms. The molecule has 2 aliphatic rings. The van der Waals surface area contributed by atoms with Crippen molar-refractivity contribution in [3.05, 3.63) is 70.9 Å². The Bertz CT molecular complexity index is 1460. The summed E-state index contributed by atoms with van der Waals surface area (Å²) in [6, 6.07) is 14.2. The number of carbonyl (C=O) groups is 2. The normalized spacial score (nSPS) is 17.9. The summed E-state index contributed by atoms with van der Waals surface area (Å²) in [5.74, 6) is -1.38. The molecule has 0 saturated carbocycles. The van der Waals surface area contributed by atoms with Gasteiger partial charge in [0.05, 0.1) is 22.0 Å². The molecule has 1 fully saturated rings. The van der Waals surface area contributed by atoms with Crippen LogP contribution in [0, 0.1) is 5.92 Å². The Labute approximate surface area is 223 Å². The van der Waals surface area contributed by atoms with Crippen LogP contribution in [0.2, 0.25) is 0 Å². The van der Waals surface area contributed by atoms with Gasteiger partial charge < -0.3 is 10.4 Å². The number of carboxylic acids is 1. The fourth-order valence-corrected chi connectivity index (χ4v) is 7.14. The maximum absolute atomic E-state index is 13.6. The average molecular weight is 536 g/mol. The van der Waals surface area contributed by atoms with E-state index in [1.54, 1.807) is 6.07 Å². The molecule has 1 saturated heterocycles. The third-order valence-electron chi connectivity index (χ3n) is 7.82. The van der Waals surface area contributed by atoms with Crippen molar-refractivity contribution in [1.29, 1.82) is 0 Å². The molecule has 8 nitrogen and oxygen atoms in total. The zero-order valence-electron chi connectivity index (χ0n) is 21.5. The number of benzene rings is 2. The van der Waals surface area contributed by atoms with Crippen LogP contribution in [0.25, 0.3) is 10.9 Å². The van der Waals surface area contributed by atoms with E-state index in [0.29, 0.717) is 30.2 Å². The van der Waals surface area contributed by atoms with Crippen molar-refractivity contribution in [2.75, 3.05) is 13.1 Å². The molecule has 1 unspecified atom stereocenters. The molecule has 2 heterocycles. The molecule has 1 atom stereocenters. The SMILES string of the molecule is CC(NC(=O)C1CCN(S(=O)(=O)c2ccc3nc4c(c(C(=O)O)c3c2)CCCCC4)CC1)c1ccccc1. The Morgan fingerprint density at radius 3 is 2.45 bits per heavy atom. The molecule has 1 aliphatic heterocycles. The number of aryl methyl sites for hydroxylation is 1. The second-order valence-corrected chi connectivity index (χ2v) is 12.2. The number of hydrogen-bond donors (Lipinski definition) is 2. The third-order valence-corrected chi connectivity index (χ3v) is 9.71. The minimum atomic E-state index is -3.86. The van der Waals surface area contributed by atoms with E-state index in [0.717, 1.165) is 42.5 Å². The van der Waals surface area contributed by atoms with Gasteiger partial charge in [-0.3, -0.25) is 9.78 Å². The Morgan fingerprint density at radius 1 is 1.03 bits per heavy atom. The Hall–Kier alpha value is -3.30. The van der Waals surface area contributed by atoms with Crippen molar-refractivity contribution in [1.82, 2.24) is 14.6 Å². The molecule has 5 rings (SSSR count). The number of fused-ring (bicyclic) bond motifs is 2. The van der Waals surface area contributed by atoms with Crippen LogP contribution in [0.4, 0.5) is 0 Å². The second kappa shape index (κ2) is 10.8. The molecule has 1 amide bonds. The number of amides is 1. The summed E-state index contributed by atoms with van der Waals surface area (Å²) in [6.07, 6.45) is 5.10. The molecule has 2 N–H and O–H groups in total. The van der Waals surface area contributed by atoms with E-state index in [2.05, 4.69) is 5.32 Å². The maximum atomic E-state index is 13.6. The molecular weight excluding hydrogens is 502 g/mol. The molecule has 2 aromatic carbocycles. The molecule has 38 heavy (non-hydrogen) atoms. The zero-order chi connectivity index (χ0) is 26.9. The molecule has 9 heteroatoms. The smallest absolute Gasteiger partial charge is 0.336 e. The van der Waals surface area contributed by atoms with Gasteiger partial charge in [0, 0.05) is 30.1 Å². The number of hydrogen-bond acceptors (Lipinski definition) is 5. The lowest BCUT2D eigenvalue weighted by molar-refractivity contribution is -0.126. The van der Waals surface area contributed by atoms with Crippen LogP contribution in [0.5, 0.6) is 0 Å².